The number of amides is 1. The lowest BCUT2D eigenvalue weighted by Crippen LogP contribution is -2.44. The maximum Gasteiger partial charge on any atom is 0.258 e. The first kappa shape index (κ1) is 24.6. The zero-order valence-electron chi connectivity index (χ0n) is 19.7. The van der Waals surface area contributed by atoms with E-state index in [2.05, 4.69) is 14.8 Å². The van der Waals surface area contributed by atoms with Gasteiger partial charge in [0.05, 0.1) is 23.9 Å². The van der Waals surface area contributed by atoms with Crippen molar-refractivity contribution in [2.24, 2.45) is 0 Å². The third-order valence-corrected chi connectivity index (χ3v) is 6.93. The highest BCUT2D eigenvalue weighted by Crippen LogP contribution is 2.39. The van der Waals surface area contributed by atoms with Crippen molar-refractivity contribution in [1.29, 1.82) is 0 Å². The van der Waals surface area contributed by atoms with Crippen LogP contribution in [0, 0.1) is 13.5 Å². The van der Waals surface area contributed by atoms with Gasteiger partial charge in [0.1, 0.15) is 5.54 Å². The average molecular weight is 506 g/mol. The van der Waals surface area contributed by atoms with E-state index in [-0.39, 0.29) is 5.91 Å². The molecule has 0 spiro atoms. The maximum absolute atomic E-state index is 13.3. The Morgan fingerprint density at radius 2 is 1.89 bits per heavy atom. The summed E-state index contributed by atoms with van der Waals surface area (Å²) >= 11 is 12.1. The van der Waals surface area contributed by atoms with Crippen molar-refractivity contribution in [2.45, 2.75) is 32.7 Å². The number of anilines is 1. The fourth-order valence-electron chi connectivity index (χ4n) is 3.99. The van der Waals surface area contributed by atoms with Gasteiger partial charge >= 0.3 is 0 Å². The quantitative estimate of drug-likeness (QED) is 0.228. The summed E-state index contributed by atoms with van der Waals surface area (Å²) < 4.78 is 5.82. The van der Waals surface area contributed by atoms with E-state index in [0.29, 0.717) is 52.5 Å². The lowest BCUT2D eigenvalue weighted by atomic mass is 10.0. The number of carbonyl (C=O) groups is 1. The minimum absolute atomic E-state index is 0.133. The van der Waals surface area contributed by atoms with Gasteiger partial charge in [0.15, 0.2) is 5.11 Å². The van der Waals surface area contributed by atoms with Crippen LogP contribution in [0.15, 0.2) is 55.0 Å². The van der Waals surface area contributed by atoms with Crippen LogP contribution in [0.25, 0.3) is 16.0 Å². The first-order chi connectivity index (χ1) is 16.8. The summed E-state index contributed by atoms with van der Waals surface area (Å²) in [5.41, 5.74) is 2.81. The zero-order chi connectivity index (χ0) is 25.2. The Morgan fingerprint density at radius 3 is 2.54 bits per heavy atom. The van der Waals surface area contributed by atoms with Crippen LogP contribution in [0.4, 0.5) is 11.4 Å². The van der Waals surface area contributed by atoms with Gasteiger partial charge in [-0.15, -0.1) is 0 Å². The first-order valence-electron chi connectivity index (χ1n) is 11.1. The van der Waals surface area contributed by atoms with E-state index in [9.17, 15) is 4.79 Å². The Morgan fingerprint density at radius 1 is 1.14 bits per heavy atom. The number of thiocarbonyl (C=S) groups is 1. The number of rotatable bonds is 7. The van der Waals surface area contributed by atoms with Gasteiger partial charge < -0.3 is 9.64 Å². The monoisotopic (exact) mass is 505 g/mol. The molecule has 9 heteroatoms. The highest BCUT2D eigenvalue weighted by Gasteiger charge is 2.49. The zero-order valence-corrected chi connectivity index (χ0v) is 21.2. The molecular formula is C26H24ClN5O2S. The molecule has 1 saturated heterocycles. The third kappa shape index (κ3) is 4.70. The summed E-state index contributed by atoms with van der Waals surface area (Å²) in [7, 11) is 0. The largest absolute Gasteiger partial charge is 0.478 e. The minimum atomic E-state index is -0.821. The number of carbonyl (C=O) groups excluding carboxylic acids is 1. The molecule has 4 rings (SSSR count). The van der Waals surface area contributed by atoms with Crippen molar-refractivity contribution >= 4 is 46.2 Å². The van der Waals surface area contributed by atoms with E-state index in [1.54, 1.807) is 37.6 Å². The molecule has 0 aliphatic carbocycles. The average Bonchev–Trinajstić information content (AvgIpc) is 3.03. The van der Waals surface area contributed by atoms with Crippen LogP contribution >= 0.6 is 23.8 Å². The van der Waals surface area contributed by atoms with Gasteiger partial charge in [-0.2, -0.15) is 0 Å². The van der Waals surface area contributed by atoms with Crippen molar-refractivity contribution in [3.63, 3.8) is 0 Å². The smallest absolute Gasteiger partial charge is 0.258 e. The Hall–Kier alpha value is -3.54. The summed E-state index contributed by atoms with van der Waals surface area (Å²) in [4.78, 5) is 28.6. The van der Waals surface area contributed by atoms with Gasteiger partial charge in [-0.05, 0) is 74.8 Å². The second-order valence-electron chi connectivity index (χ2n) is 8.61. The van der Waals surface area contributed by atoms with E-state index < -0.39 is 5.54 Å². The van der Waals surface area contributed by atoms with Gasteiger partial charge in [-0.1, -0.05) is 17.7 Å². The molecule has 0 unspecified atom stereocenters. The predicted octanol–water partition coefficient (Wildman–Crippen LogP) is 5.84. The molecule has 3 aromatic rings. The Labute approximate surface area is 215 Å². The number of halogens is 1. The number of hydrogen-bond donors (Lipinski definition) is 0. The number of pyridine rings is 2. The fourth-order valence-corrected chi connectivity index (χ4v) is 4.70. The molecule has 2 aromatic heterocycles. The minimum Gasteiger partial charge on any atom is -0.478 e. The van der Waals surface area contributed by atoms with Crippen LogP contribution in [0.3, 0.4) is 0 Å². The number of benzene rings is 1. The first-order valence-corrected chi connectivity index (χ1v) is 11.9. The number of nitrogens with zero attached hydrogens (tertiary/aromatic N) is 5. The lowest BCUT2D eigenvalue weighted by Gasteiger charge is -2.29. The van der Waals surface area contributed by atoms with Crippen LogP contribution in [-0.2, 0) is 4.79 Å². The van der Waals surface area contributed by atoms with Gasteiger partial charge in [0.25, 0.3) is 5.91 Å². The van der Waals surface area contributed by atoms with Crippen LogP contribution in [0.2, 0.25) is 5.02 Å². The molecule has 0 N–H and O–H groups in total. The molecule has 0 atom stereocenters. The highest BCUT2D eigenvalue weighted by molar-refractivity contribution is 7.80. The molecule has 1 aromatic carbocycles. The van der Waals surface area contributed by atoms with Crippen molar-refractivity contribution in [3.8, 4) is 17.0 Å². The summed E-state index contributed by atoms with van der Waals surface area (Å²) in [6.45, 7) is 13.7. The normalized spacial score (nSPS) is 14.8. The van der Waals surface area contributed by atoms with Crippen molar-refractivity contribution in [3.05, 3.63) is 77.0 Å². The summed E-state index contributed by atoms with van der Waals surface area (Å²) in [5, 5.41) is 0.745. The van der Waals surface area contributed by atoms with Gasteiger partial charge in [0.2, 0.25) is 11.6 Å². The molecule has 178 valence electrons. The topological polar surface area (TPSA) is 62.9 Å². The summed E-state index contributed by atoms with van der Waals surface area (Å²) in [5.74, 6) is 0.403. The van der Waals surface area contributed by atoms with Crippen LogP contribution in [0.1, 0.15) is 25.8 Å². The number of ether oxygens (including phenoxy) is 1. The molecular weight excluding hydrogens is 482 g/mol. The molecule has 7 nitrogen and oxygen atoms in total. The van der Waals surface area contributed by atoms with E-state index >= 15 is 0 Å². The van der Waals surface area contributed by atoms with Crippen LogP contribution in [-0.4, -0.2) is 44.6 Å². The Bertz CT molecular complexity index is 1310. The second-order valence-corrected chi connectivity index (χ2v) is 9.35. The van der Waals surface area contributed by atoms with Crippen molar-refractivity contribution in [2.75, 3.05) is 18.1 Å². The van der Waals surface area contributed by atoms with E-state index in [0.717, 1.165) is 11.1 Å². The van der Waals surface area contributed by atoms with E-state index in [1.807, 2.05) is 43.0 Å². The molecule has 0 saturated carbocycles. The van der Waals surface area contributed by atoms with Crippen LogP contribution < -0.4 is 9.64 Å². The predicted molar refractivity (Wildman–Crippen MR) is 141 cm³/mol. The van der Waals surface area contributed by atoms with E-state index in [1.165, 1.54) is 4.90 Å². The SMILES string of the molecule is [C-]#[N+]c1ccc(N2C(=O)C(C)(C)N(CCCOc3ccc(-c4ccncc4)cn3)C2=S)c(C)c1Cl. The van der Waals surface area contributed by atoms with Crippen molar-refractivity contribution in [1.82, 2.24) is 14.9 Å². The molecule has 1 aliphatic rings. The Kier molecular flexibility index (Phi) is 7.01. The molecule has 0 radical (unpaired) electrons. The van der Waals surface area contributed by atoms with Gasteiger partial charge in [0, 0.05) is 36.8 Å². The van der Waals surface area contributed by atoms with Crippen molar-refractivity contribution < 1.29 is 9.53 Å². The molecule has 1 fully saturated rings. The lowest BCUT2D eigenvalue weighted by molar-refractivity contribution is -0.123. The maximum atomic E-state index is 13.3. The number of aromatic nitrogens is 2. The molecule has 3 heterocycles. The standard InChI is InChI=1S/C26H24ClN5O2S/c1-17-21(8-7-20(28-4)23(17)27)32-24(33)26(2,3)31(25(32)35)14-5-15-34-22-9-6-19(16-30-22)18-10-12-29-13-11-18/h6-13,16H,5,14-15H2,1-3H3. The fraction of sp³-hybridized carbons (Fsp3) is 0.269. The second kappa shape index (κ2) is 9.98. The third-order valence-electron chi connectivity index (χ3n) is 6.05. The van der Waals surface area contributed by atoms with Crippen LogP contribution in [0.5, 0.6) is 5.88 Å². The molecule has 0 bridgehead atoms. The summed E-state index contributed by atoms with van der Waals surface area (Å²) in [6.07, 6.45) is 5.91. The summed E-state index contributed by atoms with van der Waals surface area (Å²) in [6, 6.07) is 11.0. The number of hydrogen-bond acceptors (Lipinski definition) is 5. The van der Waals surface area contributed by atoms with Gasteiger partial charge in [-0.3, -0.25) is 14.7 Å². The van der Waals surface area contributed by atoms with E-state index in [4.69, 9.17) is 35.1 Å². The molecule has 1 aliphatic heterocycles. The highest BCUT2D eigenvalue weighted by atomic mass is 35.5. The molecule has 1 amide bonds. The van der Waals surface area contributed by atoms with Gasteiger partial charge in [-0.25, -0.2) is 9.83 Å². The molecule has 35 heavy (non-hydrogen) atoms. The Balaban J connectivity index is 1.40.